The molecule has 3 aromatic carbocycles. The standard InChI is InChI=1S/C23H23BrO2/c24-15-7-12-21-13-14-22(25-17-19-8-3-1-4-9-19)16-23(21)26-18-20-10-5-2-6-11-20/h1-6,8-11,13-14,16H,7,12,15,17-18H2. The van der Waals surface area contributed by atoms with Crippen LogP contribution in [0.2, 0.25) is 0 Å². The van der Waals surface area contributed by atoms with E-state index in [1.54, 1.807) is 0 Å². The van der Waals surface area contributed by atoms with Crippen molar-refractivity contribution in [2.45, 2.75) is 26.1 Å². The second-order valence-corrected chi connectivity index (χ2v) is 6.90. The van der Waals surface area contributed by atoms with Crippen molar-refractivity contribution < 1.29 is 9.47 Å². The van der Waals surface area contributed by atoms with E-state index < -0.39 is 0 Å². The van der Waals surface area contributed by atoms with Crippen LogP contribution in [-0.2, 0) is 19.6 Å². The molecule has 0 atom stereocenters. The Bertz CT molecular complexity index is 788. The van der Waals surface area contributed by atoms with E-state index in [-0.39, 0.29) is 0 Å². The lowest BCUT2D eigenvalue weighted by Crippen LogP contribution is -2.01. The molecule has 0 bridgehead atoms. The van der Waals surface area contributed by atoms with Gasteiger partial charge in [-0.3, -0.25) is 0 Å². The number of hydrogen-bond donors (Lipinski definition) is 0. The van der Waals surface area contributed by atoms with Gasteiger partial charge in [-0.1, -0.05) is 82.7 Å². The smallest absolute Gasteiger partial charge is 0.126 e. The van der Waals surface area contributed by atoms with E-state index in [0.717, 1.165) is 40.8 Å². The second-order valence-electron chi connectivity index (χ2n) is 6.11. The van der Waals surface area contributed by atoms with E-state index >= 15 is 0 Å². The Morgan fingerprint density at radius 1 is 0.692 bits per heavy atom. The molecule has 0 spiro atoms. The summed E-state index contributed by atoms with van der Waals surface area (Å²) in [5.74, 6) is 1.74. The van der Waals surface area contributed by atoms with E-state index in [2.05, 4.69) is 46.3 Å². The highest BCUT2D eigenvalue weighted by molar-refractivity contribution is 9.09. The molecule has 3 heteroatoms. The Morgan fingerprint density at radius 2 is 1.31 bits per heavy atom. The summed E-state index contributed by atoms with van der Waals surface area (Å²) in [5, 5.41) is 0.984. The number of ether oxygens (including phenoxy) is 2. The van der Waals surface area contributed by atoms with E-state index in [1.807, 2.05) is 48.5 Å². The number of halogens is 1. The van der Waals surface area contributed by atoms with Gasteiger partial charge in [0, 0.05) is 11.4 Å². The van der Waals surface area contributed by atoms with Gasteiger partial charge in [-0.25, -0.2) is 0 Å². The molecule has 0 aromatic heterocycles. The van der Waals surface area contributed by atoms with Crippen molar-refractivity contribution in [1.29, 1.82) is 0 Å². The number of aryl methyl sites for hydroxylation is 1. The summed E-state index contributed by atoms with van der Waals surface area (Å²) in [6, 6.07) is 26.6. The minimum Gasteiger partial charge on any atom is -0.489 e. The summed E-state index contributed by atoms with van der Waals surface area (Å²) in [4.78, 5) is 0. The lowest BCUT2D eigenvalue weighted by Gasteiger charge is -2.14. The molecule has 3 rings (SSSR count). The third-order valence-corrected chi connectivity index (χ3v) is 4.66. The number of rotatable bonds is 9. The maximum Gasteiger partial charge on any atom is 0.126 e. The Hall–Kier alpha value is -2.26. The van der Waals surface area contributed by atoms with Crippen LogP contribution < -0.4 is 9.47 Å². The maximum atomic E-state index is 6.12. The van der Waals surface area contributed by atoms with Crippen LogP contribution >= 0.6 is 15.9 Å². The molecule has 0 amide bonds. The zero-order chi connectivity index (χ0) is 18.0. The average Bonchev–Trinajstić information content (AvgIpc) is 2.71. The highest BCUT2D eigenvalue weighted by Crippen LogP contribution is 2.28. The normalized spacial score (nSPS) is 10.5. The van der Waals surface area contributed by atoms with Gasteiger partial charge in [0.25, 0.3) is 0 Å². The van der Waals surface area contributed by atoms with E-state index in [0.29, 0.717) is 13.2 Å². The average molecular weight is 411 g/mol. The Kier molecular flexibility index (Phi) is 7.15. The predicted molar refractivity (Wildman–Crippen MR) is 110 cm³/mol. The Morgan fingerprint density at radius 3 is 1.92 bits per heavy atom. The fraction of sp³-hybridized carbons (Fsp3) is 0.217. The topological polar surface area (TPSA) is 18.5 Å². The minimum atomic E-state index is 0.555. The first-order valence-electron chi connectivity index (χ1n) is 8.87. The van der Waals surface area contributed by atoms with Crippen LogP contribution in [-0.4, -0.2) is 5.33 Å². The quantitative estimate of drug-likeness (QED) is 0.392. The van der Waals surface area contributed by atoms with Crippen LogP contribution in [0.15, 0.2) is 78.9 Å². The molecule has 0 fully saturated rings. The third-order valence-electron chi connectivity index (χ3n) is 4.10. The van der Waals surface area contributed by atoms with Crippen molar-refractivity contribution in [3.63, 3.8) is 0 Å². The molecule has 3 aromatic rings. The SMILES string of the molecule is BrCCCc1ccc(OCc2ccccc2)cc1OCc1ccccc1. The molecule has 0 N–H and O–H groups in total. The number of benzene rings is 3. The van der Waals surface area contributed by atoms with Crippen LogP contribution in [0.5, 0.6) is 11.5 Å². The fourth-order valence-corrected chi connectivity index (χ4v) is 2.98. The molecule has 0 unspecified atom stereocenters. The lowest BCUT2D eigenvalue weighted by molar-refractivity contribution is 0.288. The van der Waals surface area contributed by atoms with Crippen molar-refractivity contribution in [2.75, 3.05) is 5.33 Å². The maximum absolute atomic E-state index is 6.12. The molecule has 0 aliphatic rings. The van der Waals surface area contributed by atoms with Gasteiger partial charge in [0.1, 0.15) is 24.7 Å². The summed E-state index contributed by atoms with van der Waals surface area (Å²) in [7, 11) is 0. The fourth-order valence-electron chi connectivity index (χ4n) is 2.70. The second kappa shape index (κ2) is 10.0. The first-order valence-corrected chi connectivity index (χ1v) is 9.99. The Labute approximate surface area is 163 Å². The van der Waals surface area contributed by atoms with Gasteiger partial charge in [0.05, 0.1) is 0 Å². The molecular formula is C23H23BrO2. The van der Waals surface area contributed by atoms with Crippen LogP contribution in [0, 0.1) is 0 Å². The van der Waals surface area contributed by atoms with Gasteiger partial charge >= 0.3 is 0 Å². The summed E-state index contributed by atoms with van der Waals surface area (Å²) < 4.78 is 12.1. The molecule has 0 aliphatic carbocycles. The predicted octanol–water partition coefficient (Wildman–Crippen LogP) is 6.17. The van der Waals surface area contributed by atoms with Crippen LogP contribution in [0.4, 0.5) is 0 Å². The molecule has 26 heavy (non-hydrogen) atoms. The lowest BCUT2D eigenvalue weighted by atomic mass is 10.1. The van der Waals surface area contributed by atoms with Gasteiger partial charge < -0.3 is 9.47 Å². The van der Waals surface area contributed by atoms with Crippen LogP contribution in [0.1, 0.15) is 23.1 Å². The molecule has 0 heterocycles. The molecule has 0 saturated heterocycles. The number of alkyl halides is 1. The molecule has 2 nitrogen and oxygen atoms in total. The highest BCUT2D eigenvalue weighted by Gasteiger charge is 2.07. The van der Waals surface area contributed by atoms with E-state index in [4.69, 9.17) is 9.47 Å². The van der Waals surface area contributed by atoms with Gasteiger partial charge in [-0.05, 0) is 35.6 Å². The van der Waals surface area contributed by atoms with Gasteiger partial charge in [0.15, 0.2) is 0 Å². The zero-order valence-electron chi connectivity index (χ0n) is 14.7. The van der Waals surface area contributed by atoms with Crippen molar-refractivity contribution in [3.8, 4) is 11.5 Å². The van der Waals surface area contributed by atoms with Crippen molar-refractivity contribution >= 4 is 15.9 Å². The molecule has 0 radical (unpaired) electrons. The highest BCUT2D eigenvalue weighted by atomic mass is 79.9. The number of hydrogen-bond acceptors (Lipinski definition) is 2. The van der Waals surface area contributed by atoms with Gasteiger partial charge in [-0.2, -0.15) is 0 Å². The van der Waals surface area contributed by atoms with Crippen molar-refractivity contribution in [1.82, 2.24) is 0 Å². The Balaban J connectivity index is 1.70. The monoisotopic (exact) mass is 410 g/mol. The zero-order valence-corrected chi connectivity index (χ0v) is 16.3. The van der Waals surface area contributed by atoms with Crippen LogP contribution in [0.3, 0.4) is 0 Å². The third kappa shape index (κ3) is 5.63. The van der Waals surface area contributed by atoms with E-state index in [9.17, 15) is 0 Å². The minimum absolute atomic E-state index is 0.555. The summed E-state index contributed by atoms with van der Waals surface area (Å²) in [5.41, 5.74) is 3.53. The summed E-state index contributed by atoms with van der Waals surface area (Å²) in [6.07, 6.45) is 2.06. The largest absolute Gasteiger partial charge is 0.489 e. The first-order chi connectivity index (χ1) is 12.8. The molecular weight excluding hydrogens is 388 g/mol. The first kappa shape index (κ1) is 18.5. The van der Waals surface area contributed by atoms with Crippen molar-refractivity contribution in [3.05, 3.63) is 95.6 Å². The van der Waals surface area contributed by atoms with Gasteiger partial charge in [0.2, 0.25) is 0 Å². The molecule has 0 aliphatic heterocycles. The van der Waals surface area contributed by atoms with Crippen molar-refractivity contribution in [2.24, 2.45) is 0 Å². The summed E-state index contributed by atoms with van der Waals surface area (Å²) >= 11 is 3.51. The molecule has 0 saturated carbocycles. The molecule has 134 valence electrons. The summed E-state index contributed by atoms with van der Waals surface area (Å²) in [6.45, 7) is 1.12. The van der Waals surface area contributed by atoms with E-state index in [1.165, 1.54) is 5.56 Å². The van der Waals surface area contributed by atoms with Crippen LogP contribution in [0.25, 0.3) is 0 Å². The van der Waals surface area contributed by atoms with Gasteiger partial charge in [-0.15, -0.1) is 0 Å².